The van der Waals surface area contributed by atoms with Gasteiger partial charge in [-0.1, -0.05) is 24.6 Å². The number of nitriles is 1. The number of thiophene rings is 1. The quantitative estimate of drug-likeness (QED) is 0.579. The van der Waals surface area contributed by atoms with E-state index in [1.165, 1.54) is 43.7 Å². The number of carbonyl (C=O) groups excluding carboxylic acids is 1. The van der Waals surface area contributed by atoms with Gasteiger partial charge in [0.2, 0.25) is 0 Å². The second-order valence-corrected chi connectivity index (χ2v) is 9.84. The first-order valence-corrected chi connectivity index (χ1v) is 12.4. The molecule has 0 atom stereocenters. The maximum Gasteiger partial charge on any atom is 0.265 e. The van der Waals surface area contributed by atoms with E-state index in [2.05, 4.69) is 21.2 Å². The zero-order valence-electron chi connectivity index (χ0n) is 18.2. The number of piperidine rings is 2. The Morgan fingerprint density at radius 2 is 1.78 bits per heavy atom. The molecule has 2 fully saturated rings. The van der Waals surface area contributed by atoms with Crippen molar-refractivity contribution in [1.29, 1.82) is 5.26 Å². The van der Waals surface area contributed by atoms with Gasteiger partial charge in [-0.05, 0) is 74.5 Å². The summed E-state index contributed by atoms with van der Waals surface area (Å²) in [5.41, 5.74) is 2.26. The highest BCUT2D eigenvalue weighted by Crippen LogP contribution is 2.30. The molecule has 3 heterocycles. The van der Waals surface area contributed by atoms with Gasteiger partial charge in [0.05, 0.1) is 16.1 Å². The number of hydrogen-bond donors (Lipinski definition) is 1. The highest BCUT2D eigenvalue weighted by Gasteiger charge is 2.26. The Bertz CT molecular complexity index is 1120. The molecule has 164 valence electrons. The number of nitrogens with zero attached hydrogens (tertiary/aromatic N) is 3. The highest BCUT2D eigenvalue weighted by molar-refractivity contribution is 7.20. The number of anilines is 2. The fourth-order valence-corrected chi connectivity index (χ4v) is 5.98. The van der Waals surface area contributed by atoms with Crippen LogP contribution in [0.3, 0.4) is 0 Å². The molecule has 0 unspecified atom stereocenters. The third kappa shape index (κ3) is 4.36. The van der Waals surface area contributed by atoms with E-state index in [0.29, 0.717) is 22.2 Å². The molecular weight excluding hydrogens is 416 g/mol. The Labute approximate surface area is 193 Å². The molecule has 5 nitrogen and oxygen atoms in total. The van der Waals surface area contributed by atoms with Crippen LogP contribution in [0.5, 0.6) is 0 Å². The van der Waals surface area contributed by atoms with Crippen LogP contribution in [-0.2, 0) is 0 Å². The van der Waals surface area contributed by atoms with E-state index in [1.54, 1.807) is 6.07 Å². The lowest BCUT2D eigenvalue weighted by atomic mass is 9.99. The Hall–Kier alpha value is -2.88. The summed E-state index contributed by atoms with van der Waals surface area (Å²) in [4.78, 5) is 18.4. The minimum absolute atomic E-state index is 0.134. The lowest BCUT2D eigenvalue weighted by Gasteiger charge is -2.41. The van der Waals surface area contributed by atoms with Gasteiger partial charge in [-0.15, -0.1) is 11.3 Å². The molecule has 5 rings (SSSR count). The molecule has 6 heteroatoms. The van der Waals surface area contributed by atoms with E-state index in [4.69, 9.17) is 0 Å². The van der Waals surface area contributed by atoms with Gasteiger partial charge in [-0.3, -0.25) is 4.79 Å². The van der Waals surface area contributed by atoms with Crippen molar-refractivity contribution in [2.24, 2.45) is 0 Å². The maximum atomic E-state index is 12.8. The lowest BCUT2D eigenvalue weighted by molar-refractivity contribution is 0.103. The zero-order valence-corrected chi connectivity index (χ0v) is 19.0. The van der Waals surface area contributed by atoms with E-state index >= 15 is 0 Å². The van der Waals surface area contributed by atoms with Crippen LogP contribution in [0.4, 0.5) is 11.4 Å². The molecule has 0 aliphatic carbocycles. The number of nitrogens with one attached hydrogen (secondary N) is 1. The second-order valence-electron chi connectivity index (χ2n) is 8.76. The molecule has 1 N–H and O–H groups in total. The summed E-state index contributed by atoms with van der Waals surface area (Å²) in [6, 6.07) is 18.6. The summed E-state index contributed by atoms with van der Waals surface area (Å²) in [6.45, 7) is 4.43. The van der Waals surface area contributed by atoms with Crippen LogP contribution in [0.1, 0.15) is 47.3 Å². The summed E-state index contributed by atoms with van der Waals surface area (Å²) in [6.07, 6.45) is 6.32. The van der Waals surface area contributed by atoms with Crippen LogP contribution in [0, 0.1) is 11.3 Å². The number of carbonyl (C=O) groups is 1. The van der Waals surface area contributed by atoms with Crippen LogP contribution in [-0.4, -0.2) is 43.0 Å². The number of fused-ring (bicyclic) bond motifs is 1. The second kappa shape index (κ2) is 9.32. The van der Waals surface area contributed by atoms with E-state index in [9.17, 15) is 10.1 Å². The van der Waals surface area contributed by atoms with Crippen molar-refractivity contribution in [1.82, 2.24) is 4.90 Å². The van der Waals surface area contributed by atoms with Crippen molar-refractivity contribution in [3.63, 3.8) is 0 Å². The van der Waals surface area contributed by atoms with Crippen LogP contribution >= 0.6 is 11.3 Å². The topological polar surface area (TPSA) is 59.4 Å². The maximum absolute atomic E-state index is 12.8. The van der Waals surface area contributed by atoms with Gasteiger partial charge in [0.25, 0.3) is 5.91 Å². The van der Waals surface area contributed by atoms with Crippen molar-refractivity contribution in [2.75, 3.05) is 36.4 Å². The molecule has 0 spiro atoms. The molecule has 2 aliphatic rings. The van der Waals surface area contributed by atoms with E-state index < -0.39 is 0 Å². The largest absolute Gasteiger partial charge is 0.370 e. The smallest absolute Gasteiger partial charge is 0.265 e. The third-order valence-corrected chi connectivity index (χ3v) is 7.85. The molecule has 2 saturated heterocycles. The standard InChI is InChI=1S/C26H28N4OS/c27-18-20-16-21(28-26(31)25-17-19-6-2-3-7-24(19)32-25)8-9-23(20)30-14-10-22(11-15-30)29-12-4-1-5-13-29/h2-3,6-9,16-17,22H,1,4-5,10-15H2,(H,28,31). The van der Waals surface area contributed by atoms with Crippen molar-refractivity contribution in [3.05, 3.63) is 59.0 Å². The summed E-state index contributed by atoms with van der Waals surface area (Å²) in [5, 5.41) is 13.8. The first kappa shape index (κ1) is 21.0. The first-order chi connectivity index (χ1) is 15.7. The van der Waals surface area contributed by atoms with Crippen molar-refractivity contribution in [3.8, 4) is 6.07 Å². The first-order valence-electron chi connectivity index (χ1n) is 11.5. The van der Waals surface area contributed by atoms with E-state index in [1.807, 2.05) is 42.5 Å². The van der Waals surface area contributed by atoms with Gasteiger partial charge in [0, 0.05) is 29.5 Å². The van der Waals surface area contributed by atoms with Crippen LogP contribution in [0.15, 0.2) is 48.5 Å². The molecule has 2 aromatic carbocycles. The SMILES string of the molecule is N#Cc1cc(NC(=O)c2cc3ccccc3s2)ccc1N1CCC(N2CCCCC2)CC1. The molecule has 2 aliphatic heterocycles. The van der Waals surface area contributed by atoms with E-state index in [0.717, 1.165) is 41.7 Å². The van der Waals surface area contributed by atoms with Crippen LogP contribution in [0.25, 0.3) is 10.1 Å². The van der Waals surface area contributed by atoms with Crippen LogP contribution < -0.4 is 10.2 Å². The monoisotopic (exact) mass is 444 g/mol. The number of amides is 1. The van der Waals surface area contributed by atoms with Crippen molar-refractivity contribution < 1.29 is 4.79 Å². The summed E-state index contributed by atoms with van der Waals surface area (Å²) >= 11 is 1.48. The summed E-state index contributed by atoms with van der Waals surface area (Å²) < 4.78 is 1.10. The van der Waals surface area contributed by atoms with Gasteiger partial charge < -0.3 is 15.1 Å². The summed E-state index contributed by atoms with van der Waals surface area (Å²) in [5.74, 6) is -0.134. The number of hydrogen-bond acceptors (Lipinski definition) is 5. The Morgan fingerprint density at radius 1 is 1.00 bits per heavy atom. The van der Waals surface area contributed by atoms with Gasteiger partial charge in [0.15, 0.2) is 0 Å². The minimum atomic E-state index is -0.134. The summed E-state index contributed by atoms with van der Waals surface area (Å²) in [7, 11) is 0. The van der Waals surface area contributed by atoms with Gasteiger partial charge in [0.1, 0.15) is 6.07 Å². The van der Waals surface area contributed by atoms with Crippen molar-refractivity contribution in [2.45, 2.75) is 38.1 Å². The van der Waals surface area contributed by atoms with Gasteiger partial charge in [-0.25, -0.2) is 0 Å². The lowest BCUT2D eigenvalue weighted by Crippen LogP contribution is -2.46. The van der Waals surface area contributed by atoms with Gasteiger partial charge >= 0.3 is 0 Å². The molecule has 1 amide bonds. The molecular formula is C26H28N4OS. The van der Waals surface area contributed by atoms with Gasteiger partial charge in [-0.2, -0.15) is 5.26 Å². The Kier molecular flexibility index (Phi) is 6.11. The van der Waals surface area contributed by atoms with Crippen LogP contribution in [0.2, 0.25) is 0 Å². The predicted octanol–water partition coefficient (Wildman–Crippen LogP) is 5.48. The van der Waals surface area contributed by atoms with Crippen molar-refractivity contribution >= 4 is 38.7 Å². The molecule has 0 radical (unpaired) electrons. The fraction of sp³-hybridized carbons (Fsp3) is 0.385. The minimum Gasteiger partial charge on any atom is -0.370 e. The number of likely N-dealkylation sites (tertiary alicyclic amines) is 1. The number of rotatable bonds is 4. The van der Waals surface area contributed by atoms with E-state index in [-0.39, 0.29) is 5.91 Å². The normalized spacial score (nSPS) is 17.9. The highest BCUT2D eigenvalue weighted by atomic mass is 32.1. The Morgan fingerprint density at radius 3 is 2.53 bits per heavy atom. The molecule has 0 bridgehead atoms. The number of benzene rings is 2. The average Bonchev–Trinajstić information content (AvgIpc) is 3.29. The average molecular weight is 445 g/mol. The fourth-order valence-electron chi connectivity index (χ4n) is 5.02. The third-order valence-electron chi connectivity index (χ3n) is 6.74. The zero-order chi connectivity index (χ0) is 21.9. The predicted molar refractivity (Wildman–Crippen MR) is 132 cm³/mol. The molecule has 32 heavy (non-hydrogen) atoms. The molecule has 0 saturated carbocycles. The Balaban J connectivity index is 1.26. The molecule has 3 aromatic rings. The molecule has 1 aromatic heterocycles.